The van der Waals surface area contributed by atoms with E-state index in [2.05, 4.69) is 55.7 Å². The molecule has 2 aromatic carbocycles. The van der Waals surface area contributed by atoms with Crippen molar-refractivity contribution in [3.8, 4) is 0 Å². The summed E-state index contributed by atoms with van der Waals surface area (Å²) in [7, 11) is 0. The van der Waals surface area contributed by atoms with E-state index in [1.165, 1.54) is 5.56 Å². The number of amides is 1. The number of nitrogens with zero attached hydrogens (tertiary/aromatic N) is 1. The Morgan fingerprint density at radius 2 is 1.71 bits per heavy atom. The summed E-state index contributed by atoms with van der Waals surface area (Å²) in [6.45, 7) is 4.36. The van der Waals surface area contributed by atoms with Crippen LogP contribution in [0.4, 0.5) is 5.69 Å². The van der Waals surface area contributed by atoms with Gasteiger partial charge in [0.25, 0.3) is 0 Å². The van der Waals surface area contributed by atoms with Crippen molar-refractivity contribution in [2.45, 2.75) is 32.2 Å². The second kappa shape index (κ2) is 5.60. The van der Waals surface area contributed by atoms with Gasteiger partial charge < -0.3 is 0 Å². The first-order chi connectivity index (χ1) is 10.1. The molecule has 1 unspecified atom stereocenters. The lowest BCUT2D eigenvalue weighted by Crippen LogP contribution is -2.34. The molecule has 108 valence electrons. The van der Waals surface area contributed by atoms with Crippen molar-refractivity contribution in [3.63, 3.8) is 0 Å². The molecule has 0 saturated carbocycles. The Balaban J connectivity index is 1.90. The van der Waals surface area contributed by atoms with E-state index in [0.29, 0.717) is 12.3 Å². The third-order valence-electron chi connectivity index (χ3n) is 3.96. The predicted molar refractivity (Wildman–Crippen MR) is 85.0 cm³/mol. The molecule has 0 bridgehead atoms. The fourth-order valence-corrected chi connectivity index (χ4v) is 2.73. The summed E-state index contributed by atoms with van der Waals surface area (Å²) in [6, 6.07) is 18.6. The topological polar surface area (TPSA) is 32.3 Å². The first-order valence-electron chi connectivity index (χ1n) is 7.39. The highest BCUT2D eigenvalue weighted by Crippen LogP contribution is 2.32. The zero-order valence-corrected chi connectivity index (χ0v) is 12.4. The molecular formula is C18H20N2O. The van der Waals surface area contributed by atoms with Crippen molar-refractivity contribution in [1.82, 2.24) is 5.43 Å². The van der Waals surface area contributed by atoms with Gasteiger partial charge in [-0.3, -0.25) is 15.2 Å². The third-order valence-corrected chi connectivity index (χ3v) is 3.96. The minimum absolute atomic E-state index is 0.0589. The molecule has 1 saturated heterocycles. The zero-order valence-electron chi connectivity index (χ0n) is 12.4. The van der Waals surface area contributed by atoms with Gasteiger partial charge in [-0.15, -0.1) is 0 Å². The molecule has 3 nitrogen and oxygen atoms in total. The van der Waals surface area contributed by atoms with E-state index in [9.17, 15) is 4.79 Å². The van der Waals surface area contributed by atoms with E-state index < -0.39 is 0 Å². The number of rotatable bonds is 3. The van der Waals surface area contributed by atoms with Gasteiger partial charge in [0.1, 0.15) is 0 Å². The highest BCUT2D eigenvalue weighted by Gasteiger charge is 2.31. The van der Waals surface area contributed by atoms with Gasteiger partial charge in [0.2, 0.25) is 5.91 Å². The summed E-state index contributed by atoms with van der Waals surface area (Å²) in [4.78, 5) is 11.8. The Hall–Kier alpha value is -2.29. The molecule has 1 fully saturated rings. The number of carbonyl (C=O) groups is 1. The molecule has 0 aromatic heterocycles. The van der Waals surface area contributed by atoms with Crippen LogP contribution in [0, 0.1) is 0 Å². The van der Waals surface area contributed by atoms with E-state index in [1.807, 2.05) is 23.2 Å². The van der Waals surface area contributed by atoms with Crippen LogP contribution in [0.3, 0.4) is 0 Å². The Labute approximate surface area is 125 Å². The van der Waals surface area contributed by atoms with Crippen LogP contribution in [0.2, 0.25) is 0 Å². The van der Waals surface area contributed by atoms with Crippen LogP contribution in [0.15, 0.2) is 54.6 Å². The first kappa shape index (κ1) is 13.7. The zero-order chi connectivity index (χ0) is 14.8. The Bertz CT molecular complexity index is 619. The number of benzene rings is 2. The van der Waals surface area contributed by atoms with E-state index >= 15 is 0 Å². The quantitative estimate of drug-likeness (QED) is 0.927. The molecule has 1 aliphatic heterocycles. The number of hydrogen-bond acceptors (Lipinski definition) is 2. The van der Waals surface area contributed by atoms with Crippen molar-refractivity contribution in [2.24, 2.45) is 0 Å². The van der Waals surface area contributed by atoms with Crippen molar-refractivity contribution in [2.75, 3.05) is 5.01 Å². The first-order valence-corrected chi connectivity index (χ1v) is 7.39. The number of hydrazine groups is 1. The summed E-state index contributed by atoms with van der Waals surface area (Å²) in [5, 5.41) is 1.97. The molecule has 0 spiro atoms. The Morgan fingerprint density at radius 1 is 1.05 bits per heavy atom. The number of anilines is 1. The molecule has 21 heavy (non-hydrogen) atoms. The van der Waals surface area contributed by atoms with E-state index in [4.69, 9.17) is 0 Å². The van der Waals surface area contributed by atoms with Crippen LogP contribution < -0.4 is 10.4 Å². The van der Waals surface area contributed by atoms with Gasteiger partial charge in [0.05, 0.1) is 18.2 Å². The van der Waals surface area contributed by atoms with Crippen molar-refractivity contribution in [3.05, 3.63) is 65.7 Å². The molecular weight excluding hydrogens is 260 g/mol. The highest BCUT2D eigenvalue weighted by atomic mass is 16.2. The molecule has 2 aromatic rings. The summed E-state index contributed by atoms with van der Waals surface area (Å²) < 4.78 is 0. The van der Waals surface area contributed by atoms with Crippen molar-refractivity contribution < 1.29 is 4.79 Å². The highest BCUT2D eigenvalue weighted by molar-refractivity contribution is 5.83. The van der Waals surface area contributed by atoms with Gasteiger partial charge in [-0.25, -0.2) is 0 Å². The van der Waals surface area contributed by atoms with E-state index in [1.54, 1.807) is 0 Å². The molecule has 1 N–H and O–H groups in total. The fraction of sp³-hybridized carbons (Fsp3) is 0.278. The summed E-state index contributed by atoms with van der Waals surface area (Å²) in [6.07, 6.45) is 0.496. The Morgan fingerprint density at radius 3 is 2.33 bits per heavy atom. The van der Waals surface area contributed by atoms with Gasteiger partial charge in [-0.05, 0) is 29.2 Å². The van der Waals surface area contributed by atoms with Gasteiger partial charge >= 0.3 is 0 Å². The van der Waals surface area contributed by atoms with Crippen molar-refractivity contribution >= 4 is 11.6 Å². The lowest BCUT2D eigenvalue weighted by Gasteiger charge is -2.26. The minimum atomic E-state index is 0.0589. The Kier molecular flexibility index (Phi) is 3.65. The molecule has 1 aliphatic rings. The monoisotopic (exact) mass is 280 g/mol. The number of nitrogens with one attached hydrogen (secondary N) is 1. The summed E-state index contributed by atoms with van der Waals surface area (Å²) in [5.41, 5.74) is 6.45. The van der Waals surface area contributed by atoms with Crippen LogP contribution in [-0.4, -0.2) is 5.91 Å². The second-order valence-corrected chi connectivity index (χ2v) is 5.78. The average molecular weight is 280 g/mol. The summed E-state index contributed by atoms with van der Waals surface area (Å²) >= 11 is 0. The lowest BCUT2D eigenvalue weighted by atomic mass is 10.0. The maximum absolute atomic E-state index is 11.8. The van der Waals surface area contributed by atoms with Gasteiger partial charge in [-0.1, -0.05) is 56.3 Å². The SMILES string of the molecule is CC(C)c1ccc(N2NC(=O)CC2c2ccccc2)cc1. The number of hydrogen-bond donors (Lipinski definition) is 1. The minimum Gasteiger partial charge on any atom is -0.278 e. The van der Waals surface area contributed by atoms with Crippen LogP contribution in [-0.2, 0) is 4.79 Å². The standard InChI is InChI=1S/C18H20N2O/c1-13(2)14-8-10-16(11-9-14)20-17(12-18(21)19-20)15-6-4-3-5-7-15/h3-11,13,17H,12H2,1-2H3,(H,19,21). The largest absolute Gasteiger partial charge is 0.278 e. The van der Waals surface area contributed by atoms with Gasteiger partial charge in [-0.2, -0.15) is 0 Å². The number of carbonyl (C=O) groups excluding carboxylic acids is 1. The summed E-state index contributed by atoms with van der Waals surface area (Å²) in [5.74, 6) is 0.578. The molecule has 3 heteroatoms. The normalized spacial score (nSPS) is 18.1. The second-order valence-electron chi connectivity index (χ2n) is 5.78. The molecule has 0 aliphatic carbocycles. The van der Waals surface area contributed by atoms with Crippen LogP contribution in [0.1, 0.15) is 43.4 Å². The molecule has 1 heterocycles. The maximum atomic E-state index is 11.8. The molecule has 1 atom stereocenters. The van der Waals surface area contributed by atoms with Crippen LogP contribution in [0.25, 0.3) is 0 Å². The van der Waals surface area contributed by atoms with Gasteiger partial charge in [0, 0.05) is 0 Å². The lowest BCUT2D eigenvalue weighted by molar-refractivity contribution is -0.119. The van der Waals surface area contributed by atoms with Crippen LogP contribution in [0.5, 0.6) is 0 Å². The molecule has 1 amide bonds. The predicted octanol–water partition coefficient (Wildman–Crippen LogP) is 3.79. The average Bonchev–Trinajstić information content (AvgIpc) is 2.90. The van der Waals surface area contributed by atoms with Crippen LogP contribution >= 0.6 is 0 Å². The smallest absolute Gasteiger partial charge is 0.241 e. The fourth-order valence-electron chi connectivity index (χ4n) is 2.73. The molecule has 3 rings (SSSR count). The molecule has 0 radical (unpaired) electrons. The van der Waals surface area contributed by atoms with E-state index in [0.717, 1.165) is 11.3 Å². The van der Waals surface area contributed by atoms with Gasteiger partial charge in [0.15, 0.2) is 0 Å². The van der Waals surface area contributed by atoms with Crippen molar-refractivity contribution in [1.29, 1.82) is 0 Å². The van der Waals surface area contributed by atoms with E-state index in [-0.39, 0.29) is 11.9 Å². The maximum Gasteiger partial charge on any atom is 0.241 e. The third kappa shape index (κ3) is 2.77.